The van der Waals surface area contributed by atoms with E-state index in [1.807, 2.05) is 35.9 Å². The van der Waals surface area contributed by atoms with Gasteiger partial charge in [-0.05, 0) is 81.6 Å². The molecule has 3 heterocycles. The van der Waals surface area contributed by atoms with Crippen LogP contribution in [-0.4, -0.2) is 56.0 Å². The van der Waals surface area contributed by atoms with Crippen LogP contribution in [0.25, 0.3) is 10.9 Å². The molecule has 190 valence electrons. The molecule has 0 spiro atoms. The number of hydrogen-bond donors (Lipinski definition) is 1. The molecule has 35 heavy (non-hydrogen) atoms. The number of aromatic amines is 1. The number of ether oxygens (including phenoxy) is 2. The van der Waals surface area contributed by atoms with E-state index in [2.05, 4.69) is 53.1 Å². The first kappa shape index (κ1) is 25.3. The first-order chi connectivity index (χ1) is 16.8. The highest BCUT2D eigenvalue weighted by molar-refractivity contribution is 5.80. The third-order valence-corrected chi connectivity index (χ3v) is 6.47. The largest absolute Gasteiger partial charge is 0.494 e. The second-order valence-corrected chi connectivity index (χ2v) is 10.3. The smallest absolute Gasteiger partial charge is 0.252 e. The number of fused-ring (bicyclic) bond motifs is 1. The Balaban J connectivity index is 1.73. The van der Waals surface area contributed by atoms with Crippen LogP contribution in [0.2, 0.25) is 0 Å². The van der Waals surface area contributed by atoms with E-state index in [1.54, 1.807) is 0 Å². The van der Waals surface area contributed by atoms with Crippen molar-refractivity contribution in [2.45, 2.75) is 84.5 Å². The summed E-state index contributed by atoms with van der Waals surface area (Å²) in [6.45, 7) is 13.0. The zero-order valence-corrected chi connectivity index (χ0v) is 21.6. The molecule has 9 nitrogen and oxygen atoms in total. The van der Waals surface area contributed by atoms with Crippen LogP contribution in [0, 0.1) is 0 Å². The van der Waals surface area contributed by atoms with Gasteiger partial charge < -0.3 is 14.5 Å². The van der Waals surface area contributed by atoms with Crippen LogP contribution >= 0.6 is 0 Å². The molecule has 0 saturated carbocycles. The highest BCUT2D eigenvalue weighted by atomic mass is 16.5. The molecule has 1 N–H and O–H groups in total. The summed E-state index contributed by atoms with van der Waals surface area (Å²) in [5.41, 5.74) is 1.18. The lowest BCUT2D eigenvalue weighted by Gasteiger charge is -2.34. The second-order valence-electron chi connectivity index (χ2n) is 10.3. The Morgan fingerprint density at radius 3 is 2.80 bits per heavy atom. The van der Waals surface area contributed by atoms with Crippen LogP contribution in [0.1, 0.15) is 77.7 Å². The van der Waals surface area contributed by atoms with Crippen LogP contribution in [0.3, 0.4) is 0 Å². The standard InChI is InChI=1S/C26H38N6O3/c1-6-9-23(24-28-29-30-32(24)26(3,4)5)31(17-21-10-8-13-35-21)16-19-14-18-15-20(34-7-2)11-12-22(18)27-25(19)33/h11-12,14-15,21,23H,6-10,13,16-17H2,1-5H3,(H,27,33)/t21-,23+/m1/s1. The third-order valence-electron chi connectivity index (χ3n) is 6.47. The maximum Gasteiger partial charge on any atom is 0.252 e. The molecule has 1 fully saturated rings. The molecule has 0 bridgehead atoms. The van der Waals surface area contributed by atoms with Gasteiger partial charge in [-0.3, -0.25) is 9.69 Å². The number of aromatic nitrogens is 5. The summed E-state index contributed by atoms with van der Waals surface area (Å²) >= 11 is 0. The van der Waals surface area contributed by atoms with Gasteiger partial charge in [0, 0.05) is 36.2 Å². The molecule has 2 aromatic heterocycles. The number of rotatable bonds is 10. The van der Waals surface area contributed by atoms with Gasteiger partial charge in [0.2, 0.25) is 0 Å². The molecule has 3 aromatic rings. The van der Waals surface area contributed by atoms with Crippen molar-refractivity contribution in [3.63, 3.8) is 0 Å². The van der Waals surface area contributed by atoms with E-state index in [9.17, 15) is 4.79 Å². The topological polar surface area (TPSA) is 98.2 Å². The fourth-order valence-corrected chi connectivity index (χ4v) is 4.80. The minimum atomic E-state index is -0.254. The lowest BCUT2D eigenvalue weighted by Crippen LogP contribution is -2.39. The molecule has 1 aliphatic heterocycles. The zero-order chi connectivity index (χ0) is 25.0. The van der Waals surface area contributed by atoms with Gasteiger partial charge in [-0.25, -0.2) is 4.68 Å². The molecule has 0 amide bonds. The summed E-state index contributed by atoms with van der Waals surface area (Å²) in [4.78, 5) is 18.5. The fraction of sp³-hybridized carbons (Fsp3) is 0.615. The number of nitrogens with one attached hydrogen (secondary N) is 1. The van der Waals surface area contributed by atoms with Crippen LogP contribution in [-0.2, 0) is 16.8 Å². The van der Waals surface area contributed by atoms with Gasteiger partial charge in [0.05, 0.1) is 24.3 Å². The molecular weight excluding hydrogens is 444 g/mol. The monoisotopic (exact) mass is 482 g/mol. The van der Waals surface area contributed by atoms with Crippen LogP contribution < -0.4 is 10.3 Å². The number of H-pyrrole nitrogens is 1. The lowest BCUT2D eigenvalue weighted by atomic mass is 10.0. The first-order valence-electron chi connectivity index (χ1n) is 12.7. The third kappa shape index (κ3) is 5.90. The molecular formula is C26H38N6O3. The van der Waals surface area contributed by atoms with Crippen molar-refractivity contribution in [1.29, 1.82) is 0 Å². The van der Waals surface area contributed by atoms with E-state index in [0.717, 1.165) is 61.3 Å². The average molecular weight is 483 g/mol. The Labute approximate surface area is 206 Å². The summed E-state index contributed by atoms with van der Waals surface area (Å²) in [6.07, 6.45) is 4.06. The Morgan fingerprint density at radius 1 is 1.29 bits per heavy atom. The minimum Gasteiger partial charge on any atom is -0.494 e. The van der Waals surface area contributed by atoms with Gasteiger partial charge in [0.25, 0.3) is 5.56 Å². The van der Waals surface area contributed by atoms with Gasteiger partial charge >= 0.3 is 0 Å². The molecule has 9 heteroatoms. The van der Waals surface area contributed by atoms with Crippen LogP contribution in [0.15, 0.2) is 29.1 Å². The minimum absolute atomic E-state index is 0.0386. The number of pyridine rings is 1. The highest BCUT2D eigenvalue weighted by Crippen LogP contribution is 2.30. The average Bonchev–Trinajstić information content (AvgIpc) is 3.50. The van der Waals surface area contributed by atoms with E-state index in [0.29, 0.717) is 18.7 Å². The van der Waals surface area contributed by atoms with E-state index in [1.165, 1.54) is 0 Å². The van der Waals surface area contributed by atoms with Gasteiger partial charge in [0.1, 0.15) is 5.75 Å². The molecule has 2 atom stereocenters. The molecule has 1 aliphatic rings. The Hall–Kier alpha value is -2.78. The van der Waals surface area contributed by atoms with Crippen LogP contribution in [0.5, 0.6) is 5.75 Å². The Morgan fingerprint density at radius 2 is 2.11 bits per heavy atom. The molecule has 4 rings (SSSR count). The van der Waals surface area contributed by atoms with Crippen molar-refractivity contribution >= 4 is 10.9 Å². The van der Waals surface area contributed by atoms with Crippen molar-refractivity contribution in [3.8, 4) is 5.75 Å². The maximum atomic E-state index is 13.1. The van der Waals surface area contributed by atoms with Gasteiger partial charge in [-0.15, -0.1) is 5.10 Å². The van der Waals surface area contributed by atoms with Crippen molar-refractivity contribution in [1.82, 2.24) is 30.1 Å². The van der Waals surface area contributed by atoms with Crippen LogP contribution in [0.4, 0.5) is 0 Å². The van der Waals surface area contributed by atoms with E-state index < -0.39 is 0 Å². The SMILES string of the molecule is CCC[C@@H](c1nnnn1C(C)(C)C)N(Cc1cc2cc(OCC)ccc2[nH]c1=O)C[C@H]1CCCO1. The Bertz CT molecular complexity index is 1180. The number of benzene rings is 1. The summed E-state index contributed by atoms with van der Waals surface area (Å²) in [7, 11) is 0. The molecule has 1 saturated heterocycles. The summed E-state index contributed by atoms with van der Waals surface area (Å²) < 4.78 is 13.6. The van der Waals surface area contributed by atoms with Gasteiger partial charge in [0.15, 0.2) is 5.82 Å². The normalized spacial score (nSPS) is 17.4. The maximum absolute atomic E-state index is 13.1. The first-order valence-corrected chi connectivity index (χ1v) is 12.7. The van der Waals surface area contributed by atoms with Crippen molar-refractivity contribution < 1.29 is 9.47 Å². The summed E-state index contributed by atoms with van der Waals surface area (Å²) in [6, 6.07) is 7.70. The molecule has 0 unspecified atom stereocenters. The van der Waals surface area contributed by atoms with Crippen molar-refractivity contribution in [2.24, 2.45) is 0 Å². The van der Waals surface area contributed by atoms with Crippen molar-refractivity contribution in [2.75, 3.05) is 19.8 Å². The van der Waals surface area contributed by atoms with Gasteiger partial charge in [-0.2, -0.15) is 0 Å². The second kappa shape index (κ2) is 10.9. The summed E-state index contributed by atoms with van der Waals surface area (Å²) in [5.74, 6) is 1.62. The quantitative estimate of drug-likeness (QED) is 0.463. The number of tetrazole rings is 1. The Kier molecular flexibility index (Phi) is 7.86. The zero-order valence-electron chi connectivity index (χ0n) is 21.6. The number of nitrogens with zero attached hydrogens (tertiary/aromatic N) is 5. The lowest BCUT2D eigenvalue weighted by molar-refractivity contribution is 0.0465. The predicted molar refractivity (Wildman–Crippen MR) is 136 cm³/mol. The molecule has 0 radical (unpaired) electrons. The van der Waals surface area contributed by atoms with E-state index in [4.69, 9.17) is 9.47 Å². The predicted octanol–water partition coefficient (Wildman–Crippen LogP) is 4.19. The summed E-state index contributed by atoms with van der Waals surface area (Å²) in [5, 5.41) is 13.7. The molecule has 1 aromatic carbocycles. The highest BCUT2D eigenvalue weighted by Gasteiger charge is 2.32. The van der Waals surface area contributed by atoms with Gasteiger partial charge in [-0.1, -0.05) is 13.3 Å². The fourth-order valence-electron chi connectivity index (χ4n) is 4.80. The van der Waals surface area contributed by atoms with Crippen molar-refractivity contribution in [3.05, 3.63) is 46.0 Å². The number of hydrogen-bond acceptors (Lipinski definition) is 7. The molecule has 0 aliphatic carbocycles. The van der Waals surface area contributed by atoms with E-state index >= 15 is 0 Å². The van der Waals surface area contributed by atoms with E-state index in [-0.39, 0.29) is 23.2 Å².